The highest BCUT2D eigenvalue weighted by molar-refractivity contribution is 7.14. The van der Waals surface area contributed by atoms with Gasteiger partial charge in [0.25, 0.3) is 0 Å². The number of halogens is 2. The number of rotatable bonds is 7. The normalized spacial score (nSPS) is 10.6. The van der Waals surface area contributed by atoms with Gasteiger partial charge < -0.3 is 9.47 Å². The van der Waals surface area contributed by atoms with Crippen LogP contribution in [0.3, 0.4) is 0 Å². The van der Waals surface area contributed by atoms with Crippen LogP contribution in [0.2, 0.25) is 10.0 Å². The van der Waals surface area contributed by atoms with Gasteiger partial charge in [0.2, 0.25) is 5.91 Å². The van der Waals surface area contributed by atoms with Crippen LogP contribution in [-0.2, 0) is 20.9 Å². The molecule has 3 rings (SSSR count). The second kappa shape index (κ2) is 10.1. The predicted octanol–water partition coefficient (Wildman–Crippen LogP) is 5.87. The molecule has 0 aliphatic heterocycles. The number of aryl methyl sites for hydroxylation is 2. The minimum atomic E-state index is -0.571. The Morgan fingerprint density at radius 1 is 1.13 bits per heavy atom. The molecule has 0 bridgehead atoms. The zero-order valence-corrected chi connectivity index (χ0v) is 19.5. The van der Waals surface area contributed by atoms with Crippen molar-refractivity contribution in [2.75, 3.05) is 11.5 Å². The summed E-state index contributed by atoms with van der Waals surface area (Å²) in [4.78, 5) is 30.3. The highest BCUT2D eigenvalue weighted by Crippen LogP contribution is 2.32. The summed E-state index contributed by atoms with van der Waals surface area (Å²) in [7, 11) is 0. The van der Waals surface area contributed by atoms with E-state index in [2.05, 4.69) is 4.98 Å². The first kappa shape index (κ1) is 23.1. The van der Waals surface area contributed by atoms with E-state index in [0.29, 0.717) is 26.6 Å². The molecule has 9 heteroatoms. The van der Waals surface area contributed by atoms with Crippen LogP contribution in [0.5, 0.6) is 5.75 Å². The van der Waals surface area contributed by atoms with Gasteiger partial charge in [-0.1, -0.05) is 40.9 Å². The molecule has 0 radical (unpaired) electrons. The summed E-state index contributed by atoms with van der Waals surface area (Å²) < 4.78 is 10.6. The molecular formula is C22H20Cl2N2O4S. The minimum absolute atomic E-state index is 0.0360. The maximum atomic E-state index is 12.3. The van der Waals surface area contributed by atoms with Gasteiger partial charge in [0.15, 0.2) is 11.7 Å². The van der Waals surface area contributed by atoms with Crippen molar-refractivity contribution in [2.24, 2.45) is 0 Å². The molecule has 3 aromatic rings. The van der Waals surface area contributed by atoms with Gasteiger partial charge in [-0.2, -0.15) is 0 Å². The zero-order valence-electron chi connectivity index (χ0n) is 17.1. The number of aromatic nitrogens is 1. The average molecular weight is 479 g/mol. The van der Waals surface area contributed by atoms with Crippen LogP contribution >= 0.6 is 34.5 Å². The Labute approximate surface area is 194 Å². The van der Waals surface area contributed by atoms with E-state index in [9.17, 15) is 9.59 Å². The molecule has 0 aliphatic carbocycles. The van der Waals surface area contributed by atoms with E-state index >= 15 is 0 Å². The molecule has 0 atom stereocenters. The van der Waals surface area contributed by atoms with Gasteiger partial charge in [-0.25, -0.2) is 9.78 Å². The van der Waals surface area contributed by atoms with Crippen LogP contribution in [0, 0.1) is 13.8 Å². The third kappa shape index (κ3) is 5.97. The molecule has 0 spiro atoms. The highest BCUT2D eigenvalue weighted by atomic mass is 35.5. The third-order valence-corrected chi connectivity index (χ3v) is 5.66. The molecule has 0 unspecified atom stereocenters. The summed E-state index contributed by atoms with van der Waals surface area (Å²) in [5.74, 6) is -0.388. The Balaban J connectivity index is 1.62. The molecule has 1 amide bonds. The van der Waals surface area contributed by atoms with Gasteiger partial charge >= 0.3 is 5.97 Å². The Hall–Kier alpha value is -2.61. The number of hydrogen-bond acceptors (Lipinski definition) is 6. The number of nitrogens with zero attached hydrogens (tertiary/aromatic N) is 2. The van der Waals surface area contributed by atoms with Crippen molar-refractivity contribution in [3.63, 3.8) is 0 Å². The molecule has 2 aromatic carbocycles. The summed E-state index contributed by atoms with van der Waals surface area (Å²) in [5, 5.41) is 3.04. The topological polar surface area (TPSA) is 68.7 Å². The van der Waals surface area contributed by atoms with Crippen LogP contribution in [0.15, 0.2) is 41.8 Å². The molecule has 1 heterocycles. The smallest absolute Gasteiger partial charge is 0.344 e. The first-order valence-electron chi connectivity index (χ1n) is 9.30. The van der Waals surface area contributed by atoms with Crippen LogP contribution < -0.4 is 9.64 Å². The quantitative estimate of drug-likeness (QED) is 0.397. The molecule has 0 saturated carbocycles. The Kier molecular flexibility index (Phi) is 7.54. The monoisotopic (exact) mass is 478 g/mol. The second-order valence-corrected chi connectivity index (χ2v) is 8.47. The van der Waals surface area contributed by atoms with Crippen LogP contribution in [0.4, 0.5) is 10.8 Å². The van der Waals surface area contributed by atoms with Crippen molar-refractivity contribution >= 4 is 57.2 Å². The Morgan fingerprint density at radius 3 is 2.58 bits per heavy atom. The van der Waals surface area contributed by atoms with Gasteiger partial charge in [0.1, 0.15) is 12.4 Å². The number of hydrogen-bond donors (Lipinski definition) is 0. The Morgan fingerprint density at radius 2 is 1.90 bits per heavy atom. The molecule has 0 N–H and O–H groups in total. The van der Waals surface area contributed by atoms with E-state index in [1.54, 1.807) is 22.4 Å². The number of carbonyl (C=O) groups is 2. The summed E-state index contributed by atoms with van der Waals surface area (Å²) in [6, 6.07) is 10.6. The number of esters is 1. The van der Waals surface area contributed by atoms with Gasteiger partial charge in [-0.05, 0) is 43.7 Å². The van der Waals surface area contributed by atoms with Crippen molar-refractivity contribution in [2.45, 2.75) is 27.4 Å². The average Bonchev–Trinajstić information content (AvgIpc) is 3.16. The fourth-order valence-electron chi connectivity index (χ4n) is 2.85. The minimum Gasteiger partial charge on any atom is -0.480 e. The first-order chi connectivity index (χ1) is 14.7. The fraction of sp³-hybridized carbons (Fsp3) is 0.227. The maximum absolute atomic E-state index is 12.3. The fourth-order valence-corrected chi connectivity index (χ4v) is 4.18. The third-order valence-electron chi connectivity index (χ3n) is 4.26. The van der Waals surface area contributed by atoms with E-state index in [1.807, 2.05) is 32.0 Å². The van der Waals surface area contributed by atoms with E-state index < -0.39 is 5.97 Å². The maximum Gasteiger partial charge on any atom is 0.344 e. The lowest BCUT2D eigenvalue weighted by molar-refractivity contribution is -0.147. The number of ether oxygens (including phenoxy) is 2. The lowest BCUT2D eigenvalue weighted by atomic mass is 10.1. The van der Waals surface area contributed by atoms with Crippen molar-refractivity contribution in [1.29, 1.82) is 0 Å². The van der Waals surface area contributed by atoms with E-state index in [1.165, 1.54) is 24.3 Å². The second-order valence-electron chi connectivity index (χ2n) is 6.79. The number of amides is 1. The lowest BCUT2D eigenvalue weighted by Crippen LogP contribution is -2.23. The number of thiazole rings is 1. The predicted molar refractivity (Wildman–Crippen MR) is 123 cm³/mol. The van der Waals surface area contributed by atoms with Gasteiger partial charge in [0.05, 0.1) is 16.4 Å². The number of anilines is 2. The standard InChI is InChI=1S/C22H20Cl2N2O4S/c1-13-4-6-19(14(2)8-13)26(15(3)27)22-25-17(12-31-22)10-30-21(28)11-29-20-7-5-16(23)9-18(20)24/h4-9,12H,10-11H2,1-3H3. The van der Waals surface area contributed by atoms with Crippen LogP contribution in [0.25, 0.3) is 0 Å². The largest absolute Gasteiger partial charge is 0.480 e. The van der Waals surface area contributed by atoms with E-state index in [0.717, 1.165) is 16.8 Å². The van der Waals surface area contributed by atoms with Gasteiger partial charge in [-0.15, -0.1) is 11.3 Å². The molecule has 162 valence electrons. The zero-order chi connectivity index (χ0) is 22.5. The SMILES string of the molecule is CC(=O)N(c1nc(COC(=O)COc2ccc(Cl)cc2Cl)cs1)c1ccc(C)cc1C. The van der Waals surface area contributed by atoms with E-state index in [4.69, 9.17) is 32.7 Å². The molecular weight excluding hydrogens is 459 g/mol. The summed E-state index contributed by atoms with van der Waals surface area (Å²) in [5.41, 5.74) is 3.38. The lowest BCUT2D eigenvalue weighted by Gasteiger charge is -2.20. The van der Waals surface area contributed by atoms with Crippen LogP contribution in [-0.4, -0.2) is 23.5 Å². The first-order valence-corrected chi connectivity index (χ1v) is 10.9. The summed E-state index contributed by atoms with van der Waals surface area (Å²) in [6.07, 6.45) is 0. The van der Waals surface area contributed by atoms with E-state index in [-0.39, 0.29) is 19.1 Å². The van der Waals surface area contributed by atoms with Crippen molar-refractivity contribution in [3.05, 3.63) is 68.6 Å². The highest BCUT2D eigenvalue weighted by Gasteiger charge is 2.20. The summed E-state index contributed by atoms with van der Waals surface area (Å²) >= 11 is 13.1. The molecule has 6 nitrogen and oxygen atoms in total. The molecule has 0 saturated heterocycles. The molecule has 1 aromatic heterocycles. The summed E-state index contributed by atoms with van der Waals surface area (Å²) in [6.45, 7) is 5.09. The molecule has 0 aliphatic rings. The van der Waals surface area contributed by atoms with Crippen molar-refractivity contribution < 1.29 is 19.1 Å². The van der Waals surface area contributed by atoms with Crippen molar-refractivity contribution in [1.82, 2.24) is 4.98 Å². The molecule has 31 heavy (non-hydrogen) atoms. The van der Waals surface area contributed by atoms with Gasteiger partial charge in [0, 0.05) is 17.3 Å². The van der Waals surface area contributed by atoms with Gasteiger partial charge in [-0.3, -0.25) is 9.69 Å². The number of carbonyl (C=O) groups excluding carboxylic acids is 2. The van der Waals surface area contributed by atoms with Crippen molar-refractivity contribution in [3.8, 4) is 5.75 Å². The molecule has 0 fully saturated rings. The Bertz CT molecular complexity index is 1120. The number of benzene rings is 2. The van der Waals surface area contributed by atoms with Crippen LogP contribution in [0.1, 0.15) is 23.7 Å².